The molecule has 1 aliphatic heterocycles. The van der Waals surface area contributed by atoms with E-state index < -0.39 is 24.0 Å². The van der Waals surface area contributed by atoms with E-state index in [1.165, 1.54) is 4.90 Å². The lowest BCUT2D eigenvalue weighted by Crippen LogP contribution is -2.55. The molecule has 3 N–H and O–H groups in total. The number of benzene rings is 2. The van der Waals surface area contributed by atoms with Gasteiger partial charge < -0.3 is 30.1 Å². The van der Waals surface area contributed by atoms with Crippen molar-refractivity contribution in [2.24, 2.45) is 0 Å². The number of aliphatic hydroxyl groups is 2. The molecule has 8 nitrogen and oxygen atoms in total. The molecule has 1 aliphatic rings. The zero-order valence-corrected chi connectivity index (χ0v) is 17.6. The Kier molecular flexibility index (Phi) is 7.86. The van der Waals surface area contributed by atoms with Crippen molar-refractivity contribution in [1.29, 1.82) is 0 Å². The number of carbonyl (C=O) groups excluding carboxylic acids is 2. The lowest BCUT2D eigenvalue weighted by Gasteiger charge is -2.37. The zero-order chi connectivity index (χ0) is 22.2. The van der Waals surface area contributed by atoms with Crippen molar-refractivity contribution in [3.8, 4) is 5.75 Å². The first kappa shape index (κ1) is 22.6. The van der Waals surface area contributed by atoms with Gasteiger partial charge in [0.05, 0.1) is 6.61 Å². The van der Waals surface area contributed by atoms with Crippen LogP contribution in [-0.2, 0) is 16.1 Å². The fraction of sp³-hybridized carbons (Fsp3) is 0.391. The third kappa shape index (κ3) is 5.96. The summed E-state index contributed by atoms with van der Waals surface area (Å²) in [5, 5.41) is 23.0. The fourth-order valence-corrected chi connectivity index (χ4v) is 3.45. The average Bonchev–Trinajstić information content (AvgIpc) is 2.83. The number of piperazine rings is 1. The Morgan fingerprint density at radius 1 is 0.968 bits per heavy atom. The minimum Gasteiger partial charge on any atom is -0.494 e. The van der Waals surface area contributed by atoms with E-state index in [-0.39, 0.29) is 6.54 Å². The van der Waals surface area contributed by atoms with Gasteiger partial charge >= 0.3 is 0 Å². The number of aliphatic hydroxyl groups excluding tert-OH is 2. The molecular weight excluding hydrogens is 398 g/mol. The highest BCUT2D eigenvalue weighted by atomic mass is 16.5. The summed E-state index contributed by atoms with van der Waals surface area (Å²) >= 11 is 0. The summed E-state index contributed by atoms with van der Waals surface area (Å²) in [5.74, 6) is -0.708. The number of amides is 2. The molecule has 8 heteroatoms. The van der Waals surface area contributed by atoms with Crippen LogP contribution in [0.3, 0.4) is 0 Å². The van der Waals surface area contributed by atoms with Crippen molar-refractivity contribution in [2.45, 2.75) is 25.7 Å². The minimum absolute atomic E-state index is 0.166. The lowest BCUT2D eigenvalue weighted by molar-refractivity contribution is -0.153. The van der Waals surface area contributed by atoms with Crippen LogP contribution in [0.25, 0.3) is 0 Å². The maximum Gasteiger partial charge on any atom is 0.254 e. The van der Waals surface area contributed by atoms with E-state index in [9.17, 15) is 19.8 Å². The molecule has 0 spiro atoms. The Hall–Kier alpha value is -3.10. The zero-order valence-electron chi connectivity index (χ0n) is 17.6. The number of carbonyl (C=O) groups is 2. The van der Waals surface area contributed by atoms with Gasteiger partial charge in [0, 0.05) is 38.4 Å². The summed E-state index contributed by atoms with van der Waals surface area (Å²) in [6.45, 7) is 4.67. The number of ether oxygens (including phenoxy) is 1. The first-order valence-corrected chi connectivity index (χ1v) is 10.4. The molecule has 3 rings (SSSR count). The van der Waals surface area contributed by atoms with Crippen molar-refractivity contribution < 1.29 is 24.5 Å². The van der Waals surface area contributed by atoms with Crippen LogP contribution in [0.15, 0.2) is 54.6 Å². The predicted octanol–water partition coefficient (Wildman–Crippen LogP) is 0.772. The van der Waals surface area contributed by atoms with Gasteiger partial charge in [0.25, 0.3) is 11.8 Å². The largest absolute Gasteiger partial charge is 0.494 e. The van der Waals surface area contributed by atoms with Crippen molar-refractivity contribution in [3.63, 3.8) is 0 Å². The maximum atomic E-state index is 12.6. The third-order valence-corrected chi connectivity index (χ3v) is 5.23. The molecule has 1 fully saturated rings. The Morgan fingerprint density at radius 3 is 2.23 bits per heavy atom. The van der Waals surface area contributed by atoms with E-state index >= 15 is 0 Å². The highest BCUT2D eigenvalue weighted by molar-refractivity contribution is 5.90. The number of para-hydroxylation sites is 1. The molecule has 0 aromatic heterocycles. The molecule has 1 saturated heterocycles. The van der Waals surface area contributed by atoms with Gasteiger partial charge in [-0.2, -0.15) is 0 Å². The van der Waals surface area contributed by atoms with E-state index in [0.29, 0.717) is 32.8 Å². The normalized spacial score (nSPS) is 15.8. The number of hydrogen-bond donors (Lipinski definition) is 3. The molecule has 2 atom stereocenters. The number of rotatable bonds is 8. The smallest absolute Gasteiger partial charge is 0.254 e. The first-order valence-electron chi connectivity index (χ1n) is 10.4. The van der Waals surface area contributed by atoms with Crippen LogP contribution >= 0.6 is 0 Å². The average molecular weight is 428 g/mol. The van der Waals surface area contributed by atoms with E-state index in [1.807, 2.05) is 37.3 Å². The van der Waals surface area contributed by atoms with Gasteiger partial charge in [0.15, 0.2) is 12.2 Å². The standard InChI is InChI=1S/C23H29N3O5/c1-2-31-19-10-8-17(9-11-19)16-24-22(29)20(27)21(28)23(30)26-14-12-25(13-15-26)18-6-4-3-5-7-18/h3-11,20-21,27-28H,2,12-16H2,1H3,(H,24,29)/t20-,21-/m1/s1. The van der Waals surface area contributed by atoms with Crippen LogP contribution in [0.5, 0.6) is 5.75 Å². The molecule has 1 heterocycles. The molecular formula is C23H29N3O5. The molecule has 0 bridgehead atoms. The first-order chi connectivity index (χ1) is 15.0. The lowest BCUT2D eigenvalue weighted by atomic mass is 10.1. The van der Waals surface area contributed by atoms with Crippen LogP contribution in [0.2, 0.25) is 0 Å². The van der Waals surface area contributed by atoms with Crippen LogP contribution in [0.4, 0.5) is 5.69 Å². The minimum atomic E-state index is -1.83. The van der Waals surface area contributed by atoms with Crippen LogP contribution < -0.4 is 15.0 Å². The van der Waals surface area contributed by atoms with Crippen molar-refractivity contribution in [3.05, 3.63) is 60.2 Å². The van der Waals surface area contributed by atoms with E-state index in [2.05, 4.69) is 10.2 Å². The number of anilines is 1. The molecule has 0 saturated carbocycles. The molecule has 2 aromatic rings. The highest BCUT2D eigenvalue weighted by Gasteiger charge is 2.34. The second-order valence-electron chi connectivity index (χ2n) is 7.33. The van der Waals surface area contributed by atoms with Gasteiger partial charge in [-0.05, 0) is 36.8 Å². The third-order valence-electron chi connectivity index (χ3n) is 5.23. The van der Waals surface area contributed by atoms with Crippen molar-refractivity contribution >= 4 is 17.5 Å². The van der Waals surface area contributed by atoms with Gasteiger partial charge in [-0.15, -0.1) is 0 Å². The molecule has 2 aromatic carbocycles. The number of nitrogens with zero attached hydrogens (tertiary/aromatic N) is 2. The Labute approximate surface area is 182 Å². The fourth-order valence-electron chi connectivity index (χ4n) is 3.45. The highest BCUT2D eigenvalue weighted by Crippen LogP contribution is 2.16. The van der Waals surface area contributed by atoms with Gasteiger partial charge in [-0.1, -0.05) is 30.3 Å². The van der Waals surface area contributed by atoms with E-state index in [0.717, 1.165) is 17.0 Å². The number of nitrogens with one attached hydrogen (secondary N) is 1. The molecule has 166 valence electrons. The summed E-state index contributed by atoms with van der Waals surface area (Å²) in [7, 11) is 0. The summed E-state index contributed by atoms with van der Waals surface area (Å²) < 4.78 is 5.37. The van der Waals surface area contributed by atoms with Crippen LogP contribution in [0, 0.1) is 0 Å². The summed E-state index contributed by atoms with van der Waals surface area (Å²) in [6, 6.07) is 17.0. The van der Waals surface area contributed by atoms with Crippen LogP contribution in [0.1, 0.15) is 12.5 Å². The van der Waals surface area contributed by atoms with Gasteiger partial charge in [-0.3, -0.25) is 9.59 Å². The van der Waals surface area contributed by atoms with Crippen molar-refractivity contribution in [1.82, 2.24) is 10.2 Å². The molecule has 0 aliphatic carbocycles. The Balaban J connectivity index is 1.46. The molecule has 0 unspecified atom stereocenters. The van der Waals surface area contributed by atoms with Crippen molar-refractivity contribution in [2.75, 3.05) is 37.7 Å². The van der Waals surface area contributed by atoms with Gasteiger partial charge in [0.1, 0.15) is 5.75 Å². The topological polar surface area (TPSA) is 102 Å². The Bertz CT molecular complexity index is 851. The Morgan fingerprint density at radius 2 is 1.61 bits per heavy atom. The second-order valence-corrected chi connectivity index (χ2v) is 7.33. The second kappa shape index (κ2) is 10.8. The molecule has 2 amide bonds. The SMILES string of the molecule is CCOc1ccc(CNC(=O)[C@H](O)[C@@H](O)C(=O)N2CCN(c3ccccc3)CC2)cc1. The molecule has 0 radical (unpaired) electrons. The number of hydrogen-bond acceptors (Lipinski definition) is 6. The van der Waals surface area contributed by atoms with Gasteiger partial charge in [-0.25, -0.2) is 0 Å². The predicted molar refractivity (Wildman–Crippen MR) is 117 cm³/mol. The van der Waals surface area contributed by atoms with Crippen LogP contribution in [-0.4, -0.2) is 71.9 Å². The van der Waals surface area contributed by atoms with E-state index in [1.54, 1.807) is 24.3 Å². The monoisotopic (exact) mass is 427 g/mol. The summed E-state index contributed by atoms with van der Waals surface area (Å²) in [5.41, 5.74) is 1.88. The maximum absolute atomic E-state index is 12.6. The summed E-state index contributed by atoms with van der Waals surface area (Å²) in [6.07, 6.45) is -3.63. The summed E-state index contributed by atoms with van der Waals surface area (Å²) in [4.78, 5) is 28.4. The van der Waals surface area contributed by atoms with Gasteiger partial charge in [0.2, 0.25) is 0 Å². The molecule has 31 heavy (non-hydrogen) atoms. The quantitative estimate of drug-likeness (QED) is 0.575. The van der Waals surface area contributed by atoms with E-state index in [4.69, 9.17) is 4.74 Å².